The highest BCUT2D eigenvalue weighted by atomic mass is 32.2. The van der Waals surface area contributed by atoms with Gasteiger partial charge in [-0.05, 0) is 30.5 Å². The Morgan fingerprint density at radius 1 is 1.28 bits per heavy atom. The predicted octanol–water partition coefficient (Wildman–Crippen LogP) is 4.45. The van der Waals surface area contributed by atoms with Crippen LogP contribution in [0.4, 0.5) is 24.8 Å². The van der Waals surface area contributed by atoms with Gasteiger partial charge in [0.05, 0.1) is 22.7 Å². The number of hydrogen-bond acceptors (Lipinski definition) is 7. The summed E-state index contributed by atoms with van der Waals surface area (Å²) < 4.78 is 38.9. The number of thioether (sulfide) groups is 1. The van der Waals surface area contributed by atoms with Gasteiger partial charge < -0.3 is 5.32 Å². The lowest BCUT2D eigenvalue weighted by Gasteiger charge is -2.13. The fourth-order valence-corrected chi connectivity index (χ4v) is 3.47. The number of hydrazone groups is 1. The number of para-hydroxylation sites is 1. The van der Waals surface area contributed by atoms with Crippen LogP contribution in [0.2, 0.25) is 0 Å². The summed E-state index contributed by atoms with van der Waals surface area (Å²) in [5.74, 6) is -0.468. The highest BCUT2D eigenvalue weighted by Crippen LogP contribution is 2.34. The Hall–Kier alpha value is -2.86. The molecule has 0 fully saturated rings. The maximum Gasteiger partial charge on any atom is 0.418 e. The second-order valence-electron chi connectivity index (χ2n) is 5.63. The van der Waals surface area contributed by atoms with E-state index in [1.165, 1.54) is 18.2 Å². The molecule has 0 spiro atoms. The first-order chi connectivity index (χ1) is 13.8. The normalized spacial score (nSPS) is 12.1. The first kappa shape index (κ1) is 20.9. The summed E-state index contributed by atoms with van der Waals surface area (Å²) in [6.07, 6.45) is -4.55. The van der Waals surface area contributed by atoms with E-state index in [0.29, 0.717) is 0 Å². The van der Waals surface area contributed by atoms with E-state index in [1.807, 2.05) is 24.4 Å². The lowest BCUT2D eigenvalue weighted by molar-refractivity contribution is -0.137. The molecule has 2 aromatic heterocycles. The molecule has 1 aromatic carbocycles. The number of carbonyl (C=O) groups excluding carboxylic acids is 1. The van der Waals surface area contributed by atoms with Crippen LogP contribution in [0.25, 0.3) is 0 Å². The number of alkyl halides is 3. The highest BCUT2D eigenvalue weighted by Gasteiger charge is 2.33. The second kappa shape index (κ2) is 9.09. The largest absolute Gasteiger partial charge is 0.418 e. The van der Waals surface area contributed by atoms with Crippen LogP contribution < -0.4 is 10.7 Å². The molecule has 12 heteroatoms. The molecule has 3 rings (SSSR count). The van der Waals surface area contributed by atoms with Crippen molar-refractivity contribution in [2.45, 2.75) is 18.3 Å². The van der Waals surface area contributed by atoms with Crippen LogP contribution in [0.15, 0.2) is 52.0 Å². The molecule has 0 radical (unpaired) electrons. The Balaban J connectivity index is 1.54. The van der Waals surface area contributed by atoms with Crippen molar-refractivity contribution < 1.29 is 18.0 Å². The quantitative estimate of drug-likeness (QED) is 0.287. The van der Waals surface area contributed by atoms with Crippen LogP contribution in [0, 0.1) is 0 Å². The molecule has 0 unspecified atom stereocenters. The van der Waals surface area contributed by atoms with E-state index >= 15 is 0 Å². The monoisotopic (exact) mass is 440 g/mol. The zero-order valence-electron chi connectivity index (χ0n) is 14.9. The summed E-state index contributed by atoms with van der Waals surface area (Å²) in [6, 6.07) is 8.65. The number of aromatic nitrogens is 3. The van der Waals surface area contributed by atoms with Crippen molar-refractivity contribution in [2.24, 2.45) is 5.10 Å². The van der Waals surface area contributed by atoms with Crippen molar-refractivity contribution in [3.63, 3.8) is 0 Å². The Kier molecular flexibility index (Phi) is 6.54. The molecule has 0 aliphatic heterocycles. The van der Waals surface area contributed by atoms with Crippen LogP contribution in [0.5, 0.6) is 0 Å². The number of nitrogens with zero attached hydrogens (tertiary/aromatic N) is 3. The molecule has 0 saturated heterocycles. The summed E-state index contributed by atoms with van der Waals surface area (Å²) in [6.45, 7) is 1.84. The molecule has 2 heterocycles. The van der Waals surface area contributed by atoms with Gasteiger partial charge in [0.1, 0.15) is 0 Å². The Morgan fingerprint density at radius 2 is 2.07 bits per heavy atom. The molecule has 1 amide bonds. The maximum atomic E-state index is 13.0. The van der Waals surface area contributed by atoms with Gasteiger partial charge in [0.2, 0.25) is 17.0 Å². The standard InChI is InChI=1S/C17H15F3N6OS2/c1-10(13-7-4-8-28-13)23-24-15-22-16(26-25-15)29-9-14(27)21-12-6-3-2-5-11(12)17(18,19)20/h2-8H,9H2,1H3,(H,21,27)(H2,22,24,25,26)/b23-10+. The Bertz CT molecular complexity index is 1000. The zero-order chi connectivity index (χ0) is 20.9. The fourth-order valence-electron chi connectivity index (χ4n) is 2.19. The molecule has 0 saturated carbocycles. The van der Waals surface area contributed by atoms with Crippen LogP contribution in [0.3, 0.4) is 0 Å². The van der Waals surface area contributed by atoms with E-state index in [0.717, 1.165) is 28.4 Å². The summed E-state index contributed by atoms with van der Waals surface area (Å²) in [5.41, 5.74) is 2.31. The molecular weight excluding hydrogens is 425 g/mol. The zero-order valence-corrected chi connectivity index (χ0v) is 16.6. The molecule has 3 aromatic rings. The third-order valence-electron chi connectivity index (χ3n) is 3.51. The molecule has 0 bridgehead atoms. The lowest BCUT2D eigenvalue weighted by Crippen LogP contribution is -2.18. The lowest BCUT2D eigenvalue weighted by atomic mass is 10.1. The molecular formula is C17H15F3N6OS2. The predicted molar refractivity (Wildman–Crippen MR) is 107 cm³/mol. The maximum absolute atomic E-state index is 13.0. The van der Waals surface area contributed by atoms with Gasteiger partial charge in [0, 0.05) is 4.88 Å². The molecule has 152 valence electrons. The second-order valence-corrected chi connectivity index (χ2v) is 7.52. The van der Waals surface area contributed by atoms with Crippen LogP contribution in [-0.4, -0.2) is 32.6 Å². The van der Waals surface area contributed by atoms with Crippen molar-refractivity contribution >= 4 is 46.4 Å². The number of aromatic amines is 1. The van der Waals surface area contributed by atoms with E-state index in [-0.39, 0.29) is 22.5 Å². The topological polar surface area (TPSA) is 95.1 Å². The van der Waals surface area contributed by atoms with Gasteiger partial charge in [-0.25, -0.2) is 10.5 Å². The van der Waals surface area contributed by atoms with Gasteiger partial charge in [-0.3, -0.25) is 4.79 Å². The van der Waals surface area contributed by atoms with E-state index in [1.54, 1.807) is 11.3 Å². The third-order valence-corrected chi connectivity index (χ3v) is 5.34. The average Bonchev–Trinajstić information content (AvgIpc) is 3.36. The minimum Gasteiger partial charge on any atom is -0.325 e. The first-order valence-electron chi connectivity index (χ1n) is 8.18. The van der Waals surface area contributed by atoms with Gasteiger partial charge >= 0.3 is 6.18 Å². The number of rotatable bonds is 7. The van der Waals surface area contributed by atoms with E-state index in [9.17, 15) is 18.0 Å². The number of nitrogens with one attached hydrogen (secondary N) is 3. The summed E-state index contributed by atoms with van der Waals surface area (Å²) in [4.78, 5) is 17.1. The number of hydrogen-bond donors (Lipinski definition) is 3. The number of anilines is 2. The number of carbonyl (C=O) groups is 1. The van der Waals surface area contributed by atoms with Crippen LogP contribution in [-0.2, 0) is 11.0 Å². The molecule has 7 nitrogen and oxygen atoms in total. The minimum absolute atomic E-state index is 0.152. The van der Waals surface area contributed by atoms with Crippen LogP contribution >= 0.6 is 23.1 Å². The van der Waals surface area contributed by atoms with Crippen molar-refractivity contribution in [1.29, 1.82) is 0 Å². The van der Waals surface area contributed by atoms with Crippen molar-refractivity contribution in [2.75, 3.05) is 16.5 Å². The Labute approximate surface area is 171 Å². The number of halogens is 3. The number of amides is 1. The van der Waals surface area contributed by atoms with Gasteiger partial charge in [-0.1, -0.05) is 30.0 Å². The number of thiophene rings is 1. The van der Waals surface area contributed by atoms with Gasteiger partial charge in [0.25, 0.3) is 0 Å². The average molecular weight is 440 g/mol. The minimum atomic E-state index is -4.55. The summed E-state index contributed by atoms with van der Waals surface area (Å²) >= 11 is 2.53. The molecule has 0 atom stereocenters. The van der Waals surface area contributed by atoms with Gasteiger partial charge in [-0.2, -0.15) is 23.3 Å². The molecule has 0 aliphatic rings. The molecule has 3 N–H and O–H groups in total. The first-order valence-corrected chi connectivity index (χ1v) is 10.0. The van der Waals surface area contributed by atoms with Crippen LogP contribution in [0.1, 0.15) is 17.4 Å². The highest BCUT2D eigenvalue weighted by molar-refractivity contribution is 7.99. The van der Waals surface area contributed by atoms with Crippen molar-refractivity contribution in [1.82, 2.24) is 15.2 Å². The SMILES string of the molecule is C/C(=N\Nc1nc(SCC(=O)Nc2ccccc2C(F)(F)F)n[nH]1)c1cccs1. The van der Waals surface area contributed by atoms with Gasteiger partial charge in [0.15, 0.2) is 0 Å². The number of benzene rings is 1. The van der Waals surface area contributed by atoms with Crippen molar-refractivity contribution in [3.05, 3.63) is 52.2 Å². The molecule has 29 heavy (non-hydrogen) atoms. The van der Waals surface area contributed by atoms with Gasteiger partial charge in [-0.15, -0.1) is 16.4 Å². The molecule has 0 aliphatic carbocycles. The third kappa shape index (κ3) is 5.81. The van der Waals surface area contributed by atoms with E-state index in [4.69, 9.17) is 0 Å². The van der Waals surface area contributed by atoms with Crippen molar-refractivity contribution in [3.8, 4) is 0 Å². The number of H-pyrrole nitrogens is 1. The van der Waals surface area contributed by atoms with E-state index < -0.39 is 17.6 Å². The summed E-state index contributed by atoms with van der Waals surface area (Å²) in [7, 11) is 0. The smallest absolute Gasteiger partial charge is 0.325 e. The Morgan fingerprint density at radius 3 is 2.79 bits per heavy atom. The fraction of sp³-hybridized carbons (Fsp3) is 0.176. The summed E-state index contributed by atoms with van der Waals surface area (Å²) in [5, 5.41) is 15.2. The van der Waals surface area contributed by atoms with E-state index in [2.05, 4.69) is 31.0 Å².